The molecule has 126 valence electrons. The van der Waals surface area contributed by atoms with Crippen LogP contribution in [0.5, 0.6) is 0 Å². The van der Waals surface area contributed by atoms with Gasteiger partial charge in [0.05, 0.1) is 11.8 Å². The molecule has 1 aliphatic rings. The normalized spacial score (nSPS) is 20.6. The van der Waals surface area contributed by atoms with Crippen molar-refractivity contribution in [1.29, 1.82) is 0 Å². The Morgan fingerprint density at radius 1 is 1.19 bits per heavy atom. The highest BCUT2D eigenvalue weighted by Crippen LogP contribution is 2.19. The highest BCUT2D eigenvalue weighted by molar-refractivity contribution is 7.89. The number of halogens is 3. The molecule has 0 aromatic carbocycles. The quantitative estimate of drug-likeness (QED) is 0.704. The number of nitrogens with zero attached hydrogens (tertiary/aromatic N) is 2. The number of sulfonamides is 1. The molecule has 1 heterocycles. The lowest BCUT2D eigenvalue weighted by atomic mass is 10.3. The molecule has 0 aromatic heterocycles. The molecule has 1 saturated heterocycles. The van der Waals surface area contributed by atoms with Gasteiger partial charge in [-0.05, 0) is 19.9 Å². The third-order valence-corrected chi connectivity index (χ3v) is 5.73. The standard InChI is InChI=1S/C12H24F3N3O2S/c1-3-4-16-9-11(2)21(19,20)18-7-5-17(6-8-18)10-12(13,14)15/h11,16H,3-10H2,1-2H3. The van der Waals surface area contributed by atoms with E-state index < -0.39 is 28.0 Å². The first-order chi connectivity index (χ1) is 9.66. The van der Waals surface area contributed by atoms with Crippen molar-refractivity contribution in [2.45, 2.75) is 31.7 Å². The summed E-state index contributed by atoms with van der Waals surface area (Å²) in [6.45, 7) is 4.23. The van der Waals surface area contributed by atoms with E-state index in [4.69, 9.17) is 0 Å². The predicted molar refractivity (Wildman–Crippen MR) is 75.6 cm³/mol. The van der Waals surface area contributed by atoms with Gasteiger partial charge in [-0.1, -0.05) is 6.92 Å². The van der Waals surface area contributed by atoms with Gasteiger partial charge < -0.3 is 5.32 Å². The van der Waals surface area contributed by atoms with E-state index in [1.165, 1.54) is 9.21 Å². The van der Waals surface area contributed by atoms with Crippen molar-refractivity contribution in [3.05, 3.63) is 0 Å². The zero-order valence-corrected chi connectivity index (χ0v) is 13.3. The summed E-state index contributed by atoms with van der Waals surface area (Å²) >= 11 is 0. The van der Waals surface area contributed by atoms with Crippen LogP contribution < -0.4 is 5.32 Å². The molecule has 1 N–H and O–H groups in total. The van der Waals surface area contributed by atoms with Gasteiger partial charge in [-0.25, -0.2) is 8.42 Å². The molecular formula is C12H24F3N3O2S. The predicted octanol–water partition coefficient (Wildman–Crippen LogP) is 0.884. The Labute approximate surface area is 124 Å². The summed E-state index contributed by atoms with van der Waals surface area (Å²) in [5, 5.41) is 2.48. The summed E-state index contributed by atoms with van der Waals surface area (Å²) in [5.41, 5.74) is 0. The molecule has 0 aliphatic carbocycles. The van der Waals surface area contributed by atoms with E-state index in [1.54, 1.807) is 6.92 Å². The van der Waals surface area contributed by atoms with E-state index in [0.717, 1.165) is 13.0 Å². The highest BCUT2D eigenvalue weighted by atomic mass is 32.2. The van der Waals surface area contributed by atoms with Gasteiger partial charge in [-0.15, -0.1) is 0 Å². The minimum absolute atomic E-state index is 0.119. The minimum Gasteiger partial charge on any atom is -0.315 e. The summed E-state index contributed by atoms with van der Waals surface area (Å²) in [6.07, 6.45) is -3.32. The van der Waals surface area contributed by atoms with Crippen molar-refractivity contribution >= 4 is 10.0 Å². The van der Waals surface area contributed by atoms with Crippen LogP contribution in [-0.2, 0) is 10.0 Å². The summed E-state index contributed by atoms with van der Waals surface area (Å²) in [4.78, 5) is 1.24. The highest BCUT2D eigenvalue weighted by Gasteiger charge is 2.35. The second-order valence-electron chi connectivity index (χ2n) is 5.35. The molecule has 1 atom stereocenters. The fourth-order valence-corrected chi connectivity index (χ4v) is 3.75. The summed E-state index contributed by atoms with van der Waals surface area (Å²) < 4.78 is 62.8. The number of hydrogen-bond donors (Lipinski definition) is 1. The lowest BCUT2D eigenvalue weighted by Gasteiger charge is -2.35. The summed E-state index contributed by atoms with van der Waals surface area (Å²) in [7, 11) is -3.45. The first kappa shape index (κ1) is 18.7. The van der Waals surface area contributed by atoms with Crippen LogP contribution in [0.25, 0.3) is 0 Å². The van der Waals surface area contributed by atoms with Crippen molar-refractivity contribution in [3.63, 3.8) is 0 Å². The second kappa shape index (κ2) is 7.75. The number of hydrogen-bond acceptors (Lipinski definition) is 4. The summed E-state index contributed by atoms with van der Waals surface area (Å²) in [5.74, 6) is 0. The maximum atomic E-state index is 12.3. The smallest absolute Gasteiger partial charge is 0.315 e. The third kappa shape index (κ3) is 6.09. The van der Waals surface area contributed by atoms with E-state index in [2.05, 4.69) is 5.32 Å². The average Bonchev–Trinajstić information content (AvgIpc) is 2.37. The molecule has 1 fully saturated rings. The molecular weight excluding hydrogens is 307 g/mol. The molecule has 0 spiro atoms. The Morgan fingerprint density at radius 2 is 1.76 bits per heavy atom. The van der Waals surface area contributed by atoms with Crippen molar-refractivity contribution in [2.75, 3.05) is 45.8 Å². The van der Waals surface area contributed by atoms with Gasteiger partial charge in [0.2, 0.25) is 10.0 Å². The lowest BCUT2D eigenvalue weighted by molar-refractivity contribution is -0.148. The topological polar surface area (TPSA) is 52.7 Å². The fraction of sp³-hybridized carbons (Fsp3) is 1.00. The van der Waals surface area contributed by atoms with E-state index in [0.29, 0.717) is 6.54 Å². The number of piperazine rings is 1. The lowest BCUT2D eigenvalue weighted by Crippen LogP contribution is -2.53. The molecule has 9 heteroatoms. The molecule has 1 aliphatic heterocycles. The summed E-state index contributed by atoms with van der Waals surface area (Å²) in [6, 6.07) is 0. The molecule has 0 amide bonds. The van der Waals surface area contributed by atoms with Crippen LogP contribution in [0.1, 0.15) is 20.3 Å². The SMILES string of the molecule is CCCNCC(C)S(=O)(=O)N1CCN(CC(F)(F)F)CC1. The largest absolute Gasteiger partial charge is 0.401 e. The fourth-order valence-electron chi connectivity index (χ4n) is 2.24. The Balaban J connectivity index is 2.48. The Morgan fingerprint density at radius 3 is 2.24 bits per heavy atom. The van der Waals surface area contributed by atoms with Gasteiger partial charge in [-0.2, -0.15) is 17.5 Å². The van der Waals surface area contributed by atoms with E-state index >= 15 is 0 Å². The van der Waals surface area contributed by atoms with Crippen LogP contribution >= 0.6 is 0 Å². The van der Waals surface area contributed by atoms with Gasteiger partial charge in [0.15, 0.2) is 0 Å². The zero-order chi connectivity index (χ0) is 16.1. The molecule has 1 unspecified atom stereocenters. The third-order valence-electron chi connectivity index (χ3n) is 3.46. The van der Waals surface area contributed by atoms with Crippen molar-refractivity contribution in [1.82, 2.24) is 14.5 Å². The molecule has 0 bridgehead atoms. The van der Waals surface area contributed by atoms with E-state index in [-0.39, 0.29) is 26.2 Å². The van der Waals surface area contributed by atoms with Crippen LogP contribution in [0.2, 0.25) is 0 Å². The second-order valence-corrected chi connectivity index (χ2v) is 7.70. The maximum absolute atomic E-state index is 12.3. The number of nitrogens with one attached hydrogen (secondary N) is 1. The van der Waals surface area contributed by atoms with Crippen molar-refractivity contribution < 1.29 is 21.6 Å². The van der Waals surface area contributed by atoms with Crippen LogP contribution in [0.3, 0.4) is 0 Å². The number of alkyl halides is 3. The first-order valence-electron chi connectivity index (χ1n) is 7.15. The Kier molecular flexibility index (Phi) is 6.89. The molecule has 5 nitrogen and oxygen atoms in total. The van der Waals surface area contributed by atoms with E-state index in [9.17, 15) is 21.6 Å². The van der Waals surface area contributed by atoms with Crippen LogP contribution in [-0.4, -0.2) is 74.9 Å². The van der Waals surface area contributed by atoms with Crippen LogP contribution in [0.4, 0.5) is 13.2 Å². The minimum atomic E-state index is -4.24. The molecule has 0 radical (unpaired) electrons. The van der Waals surface area contributed by atoms with Crippen molar-refractivity contribution in [2.24, 2.45) is 0 Å². The van der Waals surface area contributed by atoms with Gasteiger partial charge in [-0.3, -0.25) is 4.90 Å². The van der Waals surface area contributed by atoms with Crippen molar-refractivity contribution in [3.8, 4) is 0 Å². The molecule has 1 rings (SSSR count). The molecule has 0 aromatic rings. The average molecular weight is 331 g/mol. The molecule has 21 heavy (non-hydrogen) atoms. The zero-order valence-electron chi connectivity index (χ0n) is 12.5. The van der Waals surface area contributed by atoms with Crippen LogP contribution in [0, 0.1) is 0 Å². The van der Waals surface area contributed by atoms with Crippen LogP contribution in [0.15, 0.2) is 0 Å². The Bertz CT molecular complexity index is 406. The van der Waals surface area contributed by atoms with Gasteiger partial charge >= 0.3 is 6.18 Å². The van der Waals surface area contributed by atoms with Gasteiger partial charge in [0.25, 0.3) is 0 Å². The monoisotopic (exact) mass is 331 g/mol. The van der Waals surface area contributed by atoms with Gasteiger partial charge in [0, 0.05) is 32.7 Å². The molecule has 0 saturated carbocycles. The first-order valence-corrected chi connectivity index (χ1v) is 8.66. The van der Waals surface area contributed by atoms with E-state index in [1.807, 2.05) is 6.92 Å². The maximum Gasteiger partial charge on any atom is 0.401 e. The van der Waals surface area contributed by atoms with Gasteiger partial charge in [0.1, 0.15) is 0 Å². The Hall–Kier alpha value is -0.380. The number of rotatable bonds is 7.